The molecule has 0 unspecified atom stereocenters. The lowest BCUT2D eigenvalue weighted by atomic mass is 9.96. The van der Waals surface area contributed by atoms with Crippen LogP contribution in [0.4, 0.5) is 5.13 Å². The quantitative estimate of drug-likeness (QED) is 0.872. The van der Waals surface area contributed by atoms with E-state index in [0.717, 1.165) is 49.5 Å². The van der Waals surface area contributed by atoms with E-state index < -0.39 is 0 Å². The van der Waals surface area contributed by atoms with Gasteiger partial charge < -0.3 is 10.2 Å². The normalized spacial score (nSPS) is 19.6. The van der Waals surface area contributed by atoms with E-state index in [2.05, 4.69) is 28.4 Å². The maximum Gasteiger partial charge on any atom is 0.220 e. The molecule has 2 heterocycles. The van der Waals surface area contributed by atoms with Crippen molar-refractivity contribution in [1.29, 1.82) is 0 Å². The number of nitrogens with zero attached hydrogens (tertiary/aromatic N) is 2. The third-order valence-corrected chi connectivity index (χ3v) is 6.80. The van der Waals surface area contributed by atoms with Crippen molar-refractivity contribution in [1.82, 2.24) is 10.3 Å². The number of para-hydroxylation sites is 1. The van der Waals surface area contributed by atoms with Gasteiger partial charge in [-0.1, -0.05) is 36.3 Å². The van der Waals surface area contributed by atoms with Gasteiger partial charge >= 0.3 is 0 Å². The molecule has 4 nitrogen and oxygen atoms in total. The second-order valence-corrected chi connectivity index (χ2v) is 8.56. The van der Waals surface area contributed by atoms with Gasteiger partial charge in [-0.05, 0) is 49.7 Å². The smallest absolute Gasteiger partial charge is 0.220 e. The van der Waals surface area contributed by atoms with E-state index >= 15 is 0 Å². The van der Waals surface area contributed by atoms with Crippen molar-refractivity contribution in [2.24, 2.45) is 11.8 Å². The Morgan fingerprint density at radius 1 is 1.12 bits per heavy atom. The topological polar surface area (TPSA) is 45.2 Å². The molecule has 0 bridgehead atoms. The van der Waals surface area contributed by atoms with Crippen LogP contribution in [-0.4, -0.2) is 30.5 Å². The molecule has 0 atom stereocenters. The number of amides is 1. The van der Waals surface area contributed by atoms with E-state index in [4.69, 9.17) is 4.98 Å². The molecular formula is C20H27N3OS. The molecule has 2 aromatic rings. The monoisotopic (exact) mass is 357 g/mol. The molecule has 4 rings (SSSR count). The Hall–Kier alpha value is -1.62. The van der Waals surface area contributed by atoms with Gasteiger partial charge in [0.25, 0.3) is 0 Å². The number of fused-ring (bicyclic) bond motifs is 1. The first-order valence-electron chi connectivity index (χ1n) is 9.65. The molecule has 1 aliphatic heterocycles. The summed E-state index contributed by atoms with van der Waals surface area (Å²) in [5.74, 6) is 1.51. The second-order valence-electron chi connectivity index (χ2n) is 7.55. The third-order valence-electron chi connectivity index (χ3n) is 5.70. The SMILES string of the molecule is O=C(CC1CCCC1)NCC1CCN(c2nc3ccccc3s2)CC1. The van der Waals surface area contributed by atoms with Gasteiger partial charge in [0.15, 0.2) is 5.13 Å². The summed E-state index contributed by atoms with van der Waals surface area (Å²) in [6, 6.07) is 8.35. The van der Waals surface area contributed by atoms with Crippen LogP contribution >= 0.6 is 11.3 Å². The van der Waals surface area contributed by atoms with Crippen LogP contribution in [0.2, 0.25) is 0 Å². The Labute approximate surface area is 153 Å². The molecule has 2 fully saturated rings. The van der Waals surface area contributed by atoms with Crippen molar-refractivity contribution in [2.75, 3.05) is 24.5 Å². The Morgan fingerprint density at radius 3 is 2.64 bits per heavy atom. The molecule has 25 heavy (non-hydrogen) atoms. The molecule has 1 saturated carbocycles. The zero-order valence-corrected chi connectivity index (χ0v) is 15.6. The lowest BCUT2D eigenvalue weighted by Crippen LogP contribution is -2.38. The maximum atomic E-state index is 12.1. The summed E-state index contributed by atoms with van der Waals surface area (Å²) in [7, 11) is 0. The number of aromatic nitrogens is 1. The van der Waals surface area contributed by atoms with Gasteiger partial charge in [-0.3, -0.25) is 4.79 Å². The highest BCUT2D eigenvalue weighted by Gasteiger charge is 2.23. The first-order chi connectivity index (χ1) is 12.3. The lowest BCUT2D eigenvalue weighted by Gasteiger charge is -2.31. The summed E-state index contributed by atoms with van der Waals surface area (Å²) in [5.41, 5.74) is 1.10. The highest BCUT2D eigenvalue weighted by atomic mass is 32.1. The van der Waals surface area contributed by atoms with Crippen LogP contribution in [0.15, 0.2) is 24.3 Å². The van der Waals surface area contributed by atoms with E-state index in [-0.39, 0.29) is 5.91 Å². The van der Waals surface area contributed by atoms with Crippen molar-refractivity contribution in [3.8, 4) is 0 Å². The average molecular weight is 358 g/mol. The van der Waals surface area contributed by atoms with Crippen LogP contribution in [0.1, 0.15) is 44.9 Å². The number of carbonyl (C=O) groups is 1. The molecule has 1 amide bonds. The van der Waals surface area contributed by atoms with E-state index in [9.17, 15) is 4.79 Å². The zero-order chi connectivity index (χ0) is 17.1. The van der Waals surface area contributed by atoms with Gasteiger partial charge in [-0.15, -0.1) is 0 Å². The molecule has 134 valence electrons. The molecule has 1 aromatic heterocycles. The number of benzene rings is 1. The van der Waals surface area contributed by atoms with Crippen LogP contribution in [0.25, 0.3) is 10.2 Å². The van der Waals surface area contributed by atoms with Gasteiger partial charge in [0.05, 0.1) is 10.2 Å². The summed E-state index contributed by atoms with van der Waals surface area (Å²) in [6.45, 7) is 2.94. The average Bonchev–Trinajstić information content (AvgIpc) is 3.29. The number of thiazole rings is 1. The van der Waals surface area contributed by atoms with E-state index in [1.807, 2.05) is 6.07 Å². The van der Waals surface area contributed by atoms with E-state index in [1.165, 1.54) is 30.4 Å². The van der Waals surface area contributed by atoms with Crippen molar-refractivity contribution < 1.29 is 4.79 Å². The lowest BCUT2D eigenvalue weighted by molar-refractivity contribution is -0.122. The second kappa shape index (κ2) is 7.73. The predicted molar refractivity (Wildman–Crippen MR) is 104 cm³/mol. The molecular weight excluding hydrogens is 330 g/mol. The number of hydrogen-bond donors (Lipinski definition) is 1. The Balaban J connectivity index is 1.23. The highest BCUT2D eigenvalue weighted by Crippen LogP contribution is 2.31. The Morgan fingerprint density at radius 2 is 1.88 bits per heavy atom. The van der Waals surface area contributed by atoms with Crippen LogP contribution in [-0.2, 0) is 4.79 Å². The van der Waals surface area contributed by atoms with Crippen LogP contribution in [0, 0.1) is 11.8 Å². The first-order valence-corrected chi connectivity index (χ1v) is 10.5. The largest absolute Gasteiger partial charge is 0.356 e. The molecule has 1 aromatic carbocycles. The number of carbonyl (C=O) groups excluding carboxylic acids is 1. The van der Waals surface area contributed by atoms with Crippen LogP contribution < -0.4 is 10.2 Å². The number of piperidine rings is 1. The highest BCUT2D eigenvalue weighted by molar-refractivity contribution is 7.22. The maximum absolute atomic E-state index is 12.1. The van der Waals surface area contributed by atoms with Gasteiger partial charge in [0.2, 0.25) is 5.91 Å². The Bertz CT molecular complexity index is 682. The summed E-state index contributed by atoms with van der Waals surface area (Å²) in [4.78, 5) is 19.3. The minimum atomic E-state index is 0.264. The van der Waals surface area contributed by atoms with Gasteiger partial charge in [0.1, 0.15) is 0 Å². The summed E-state index contributed by atoms with van der Waals surface area (Å²) < 4.78 is 1.26. The fraction of sp³-hybridized carbons (Fsp3) is 0.600. The molecule has 0 radical (unpaired) electrons. The molecule has 1 aliphatic carbocycles. The molecule has 5 heteroatoms. The van der Waals surface area contributed by atoms with E-state index in [1.54, 1.807) is 11.3 Å². The number of anilines is 1. The van der Waals surface area contributed by atoms with Crippen LogP contribution in [0.3, 0.4) is 0 Å². The first kappa shape index (κ1) is 16.8. The summed E-state index contributed by atoms with van der Waals surface area (Å²) >= 11 is 1.79. The van der Waals surface area contributed by atoms with Crippen molar-refractivity contribution in [2.45, 2.75) is 44.9 Å². The fourth-order valence-corrected chi connectivity index (χ4v) is 5.15. The zero-order valence-electron chi connectivity index (χ0n) is 14.7. The van der Waals surface area contributed by atoms with Gasteiger partial charge in [-0.25, -0.2) is 4.98 Å². The minimum Gasteiger partial charge on any atom is -0.356 e. The standard InChI is InChI=1S/C20H27N3OS/c24-19(13-15-5-1-2-6-15)21-14-16-9-11-23(12-10-16)20-22-17-7-3-4-8-18(17)25-20/h3-4,7-8,15-16H,1-2,5-6,9-14H2,(H,21,24). The third kappa shape index (κ3) is 4.14. The minimum absolute atomic E-state index is 0.264. The summed E-state index contributed by atoms with van der Waals surface area (Å²) in [6.07, 6.45) is 8.12. The molecule has 1 N–H and O–H groups in total. The predicted octanol–water partition coefficient (Wildman–Crippen LogP) is 4.21. The van der Waals surface area contributed by atoms with E-state index in [0.29, 0.717) is 11.8 Å². The molecule has 2 aliphatic rings. The fourth-order valence-electron chi connectivity index (χ4n) is 4.13. The number of nitrogens with one attached hydrogen (secondary N) is 1. The molecule has 0 spiro atoms. The summed E-state index contributed by atoms with van der Waals surface area (Å²) in [5, 5.41) is 4.33. The molecule has 1 saturated heterocycles. The van der Waals surface area contributed by atoms with Crippen LogP contribution in [0.5, 0.6) is 0 Å². The number of rotatable bonds is 5. The Kier molecular flexibility index (Phi) is 5.20. The van der Waals surface area contributed by atoms with Gasteiger partial charge in [0, 0.05) is 26.1 Å². The van der Waals surface area contributed by atoms with Gasteiger partial charge in [-0.2, -0.15) is 0 Å². The van der Waals surface area contributed by atoms with Crippen molar-refractivity contribution in [3.63, 3.8) is 0 Å². The van der Waals surface area contributed by atoms with Crippen molar-refractivity contribution in [3.05, 3.63) is 24.3 Å². The van der Waals surface area contributed by atoms with Crippen molar-refractivity contribution >= 4 is 32.6 Å². The number of hydrogen-bond acceptors (Lipinski definition) is 4.